The molecule has 94 valence electrons. The molecule has 4 nitrogen and oxygen atoms in total. The maximum atomic E-state index is 10.7. The molecule has 3 N–H and O–H groups in total. The summed E-state index contributed by atoms with van der Waals surface area (Å²) >= 11 is 0. The lowest BCUT2D eigenvalue weighted by molar-refractivity contribution is -0.117. The van der Waals surface area contributed by atoms with Crippen molar-refractivity contribution in [2.24, 2.45) is 5.73 Å². The minimum atomic E-state index is -0.356. The fourth-order valence-electron chi connectivity index (χ4n) is 1.91. The van der Waals surface area contributed by atoms with Gasteiger partial charge in [-0.15, -0.1) is 0 Å². The molecule has 1 aromatic rings. The first-order valence-electron chi connectivity index (χ1n) is 5.60. The summed E-state index contributed by atoms with van der Waals surface area (Å²) in [5, 5.41) is 3.01. The summed E-state index contributed by atoms with van der Waals surface area (Å²) in [6.07, 6.45) is 0. The molecule has 1 amide bonds. The van der Waals surface area contributed by atoms with Crippen molar-refractivity contribution in [3.8, 4) is 5.75 Å². The number of aryl methyl sites for hydroxylation is 2. The van der Waals surface area contributed by atoms with E-state index in [2.05, 4.69) is 18.3 Å². The molecule has 17 heavy (non-hydrogen) atoms. The Kier molecular flexibility index (Phi) is 4.52. The fraction of sp³-hybridized carbons (Fsp3) is 0.462. The van der Waals surface area contributed by atoms with E-state index < -0.39 is 0 Å². The third-order valence-electron chi connectivity index (χ3n) is 2.92. The summed E-state index contributed by atoms with van der Waals surface area (Å²) in [4.78, 5) is 10.7. The molecule has 0 saturated carbocycles. The molecule has 0 heterocycles. The molecule has 4 heteroatoms. The van der Waals surface area contributed by atoms with Crippen molar-refractivity contribution in [1.29, 1.82) is 0 Å². The number of primary amides is 1. The molecule has 0 aliphatic carbocycles. The average Bonchev–Trinajstić information content (AvgIpc) is 2.25. The minimum Gasteiger partial charge on any atom is -0.496 e. The van der Waals surface area contributed by atoms with Crippen LogP contribution in [0.25, 0.3) is 0 Å². The molecule has 0 spiro atoms. The number of rotatable bonds is 5. The number of carbonyl (C=O) groups is 1. The van der Waals surface area contributed by atoms with Gasteiger partial charge in [0.1, 0.15) is 5.75 Å². The van der Waals surface area contributed by atoms with Gasteiger partial charge in [0, 0.05) is 12.1 Å². The molecular formula is C13H20N2O2. The summed E-state index contributed by atoms with van der Waals surface area (Å²) in [7, 11) is 1.67. The molecule has 1 aromatic carbocycles. The van der Waals surface area contributed by atoms with Crippen LogP contribution in [0.1, 0.15) is 22.3 Å². The fourth-order valence-corrected chi connectivity index (χ4v) is 1.91. The van der Waals surface area contributed by atoms with Crippen LogP contribution in [0.4, 0.5) is 0 Å². The van der Waals surface area contributed by atoms with Gasteiger partial charge in [-0.25, -0.2) is 0 Å². The Morgan fingerprint density at radius 3 is 2.53 bits per heavy atom. The van der Waals surface area contributed by atoms with Crippen LogP contribution in [0, 0.1) is 20.8 Å². The highest BCUT2D eigenvalue weighted by molar-refractivity contribution is 5.75. The van der Waals surface area contributed by atoms with E-state index in [1.807, 2.05) is 13.8 Å². The van der Waals surface area contributed by atoms with Crippen LogP contribution in [0.15, 0.2) is 6.07 Å². The Bertz CT molecular complexity index is 428. The van der Waals surface area contributed by atoms with E-state index in [-0.39, 0.29) is 12.5 Å². The van der Waals surface area contributed by atoms with Gasteiger partial charge in [0.05, 0.1) is 13.7 Å². The van der Waals surface area contributed by atoms with Crippen LogP contribution in [0.5, 0.6) is 5.75 Å². The number of hydrogen-bond donors (Lipinski definition) is 2. The molecule has 0 fully saturated rings. The van der Waals surface area contributed by atoms with Crippen molar-refractivity contribution in [3.05, 3.63) is 28.3 Å². The van der Waals surface area contributed by atoms with Gasteiger partial charge in [0.15, 0.2) is 0 Å². The highest BCUT2D eigenvalue weighted by Gasteiger charge is 2.11. The number of ether oxygens (including phenoxy) is 1. The number of carbonyl (C=O) groups excluding carboxylic acids is 1. The number of methoxy groups -OCH3 is 1. The van der Waals surface area contributed by atoms with Crippen molar-refractivity contribution in [2.75, 3.05) is 13.7 Å². The summed E-state index contributed by atoms with van der Waals surface area (Å²) in [6.45, 7) is 6.89. The van der Waals surface area contributed by atoms with E-state index in [0.717, 1.165) is 22.4 Å². The molecule has 0 atom stereocenters. The van der Waals surface area contributed by atoms with Crippen LogP contribution in [-0.2, 0) is 11.3 Å². The lowest BCUT2D eigenvalue weighted by atomic mass is 9.99. The zero-order valence-corrected chi connectivity index (χ0v) is 10.9. The molecule has 1 rings (SSSR count). The Morgan fingerprint density at radius 2 is 2.00 bits per heavy atom. The maximum Gasteiger partial charge on any atom is 0.231 e. The van der Waals surface area contributed by atoms with Gasteiger partial charge in [-0.2, -0.15) is 0 Å². The van der Waals surface area contributed by atoms with E-state index in [1.165, 1.54) is 5.56 Å². The molecule has 0 saturated heterocycles. The van der Waals surface area contributed by atoms with Gasteiger partial charge in [0.25, 0.3) is 0 Å². The predicted octanol–water partition coefficient (Wildman–Crippen LogP) is 1.20. The first kappa shape index (κ1) is 13.5. The normalized spacial score (nSPS) is 10.4. The molecule has 0 bridgehead atoms. The number of nitrogens with two attached hydrogens (primary N) is 1. The monoisotopic (exact) mass is 236 g/mol. The number of amides is 1. The second-order valence-corrected chi connectivity index (χ2v) is 4.22. The first-order valence-corrected chi connectivity index (χ1v) is 5.60. The Balaban J connectivity index is 2.97. The number of nitrogens with one attached hydrogen (secondary N) is 1. The Hall–Kier alpha value is -1.55. The van der Waals surface area contributed by atoms with Gasteiger partial charge >= 0.3 is 0 Å². The lowest BCUT2D eigenvalue weighted by Crippen LogP contribution is -2.28. The van der Waals surface area contributed by atoms with Gasteiger partial charge in [0.2, 0.25) is 5.91 Å². The second-order valence-electron chi connectivity index (χ2n) is 4.22. The van der Waals surface area contributed by atoms with Crippen molar-refractivity contribution >= 4 is 5.91 Å². The van der Waals surface area contributed by atoms with E-state index in [1.54, 1.807) is 7.11 Å². The summed E-state index contributed by atoms with van der Waals surface area (Å²) in [5.41, 5.74) is 9.66. The average molecular weight is 236 g/mol. The van der Waals surface area contributed by atoms with Gasteiger partial charge < -0.3 is 15.8 Å². The van der Waals surface area contributed by atoms with Crippen molar-refractivity contribution in [1.82, 2.24) is 5.32 Å². The van der Waals surface area contributed by atoms with Crippen LogP contribution < -0.4 is 15.8 Å². The van der Waals surface area contributed by atoms with Gasteiger partial charge in [-0.1, -0.05) is 6.07 Å². The molecule has 0 aliphatic heterocycles. The zero-order valence-electron chi connectivity index (χ0n) is 10.9. The van der Waals surface area contributed by atoms with E-state index >= 15 is 0 Å². The SMILES string of the molecule is COc1c(C)c(C)cc(C)c1CNCC(N)=O. The van der Waals surface area contributed by atoms with E-state index in [4.69, 9.17) is 10.5 Å². The summed E-state index contributed by atoms with van der Waals surface area (Å²) in [5.74, 6) is 0.532. The third kappa shape index (κ3) is 3.20. The minimum absolute atomic E-state index is 0.176. The largest absolute Gasteiger partial charge is 0.496 e. The van der Waals surface area contributed by atoms with Gasteiger partial charge in [-0.05, 0) is 37.5 Å². The Morgan fingerprint density at radius 1 is 1.35 bits per heavy atom. The maximum absolute atomic E-state index is 10.7. The van der Waals surface area contributed by atoms with Crippen molar-refractivity contribution < 1.29 is 9.53 Å². The topological polar surface area (TPSA) is 64.3 Å². The third-order valence-corrected chi connectivity index (χ3v) is 2.92. The van der Waals surface area contributed by atoms with Crippen LogP contribution in [-0.4, -0.2) is 19.6 Å². The molecule has 0 radical (unpaired) electrons. The quantitative estimate of drug-likeness (QED) is 0.807. The van der Waals surface area contributed by atoms with E-state index in [0.29, 0.717) is 6.54 Å². The molecular weight excluding hydrogens is 216 g/mol. The predicted molar refractivity (Wildman–Crippen MR) is 68.1 cm³/mol. The van der Waals surface area contributed by atoms with Crippen molar-refractivity contribution in [2.45, 2.75) is 27.3 Å². The molecule has 0 unspecified atom stereocenters. The lowest BCUT2D eigenvalue weighted by Gasteiger charge is -2.16. The van der Waals surface area contributed by atoms with Crippen LogP contribution in [0.3, 0.4) is 0 Å². The number of benzene rings is 1. The number of hydrogen-bond acceptors (Lipinski definition) is 3. The summed E-state index contributed by atoms with van der Waals surface area (Å²) in [6, 6.07) is 2.12. The van der Waals surface area contributed by atoms with Crippen molar-refractivity contribution in [3.63, 3.8) is 0 Å². The van der Waals surface area contributed by atoms with Crippen LogP contribution in [0.2, 0.25) is 0 Å². The highest BCUT2D eigenvalue weighted by Crippen LogP contribution is 2.29. The first-order chi connectivity index (χ1) is 7.97. The van der Waals surface area contributed by atoms with Crippen LogP contribution >= 0.6 is 0 Å². The Labute approximate surface area is 102 Å². The summed E-state index contributed by atoms with van der Waals surface area (Å²) < 4.78 is 5.44. The standard InChI is InChI=1S/C13H20N2O2/c1-8-5-9(2)11(6-15-7-12(14)16)13(17-4)10(8)3/h5,15H,6-7H2,1-4H3,(H2,14,16). The molecule has 0 aromatic heterocycles. The molecule has 0 aliphatic rings. The smallest absolute Gasteiger partial charge is 0.231 e. The zero-order chi connectivity index (χ0) is 13.0. The highest BCUT2D eigenvalue weighted by atomic mass is 16.5. The van der Waals surface area contributed by atoms with E-state index in [9.17, 15) is 4.79 Å². The second kappa shape index (κ2) is 5.68. The van der Waals surface area contributed by atoms with Gasteiger partial charge in [-0.3, -0.25) is 4.79 Å².